The lowest BCUT2D eigenvalue weighted by Gasteiger charge is -2.10. The van der Waals surface area contributed by atoms with Crippen LogP contribution < -0.4 is 10.7 Å². The van der Waals surface area contributed by atoms with Crippen LogP contribution in [0, 0.1) is 12.7 Å². The van der Waals surface area contributed by atoms with Crippen LogP contribution in [0.5, 0.6) is 0 Å². The van der Waals surface area contributed by atoms with Gasteiger partial charge in [0.25, 0.3) is 0 Å². The van der Waals surface area contributed by atoms with Crippen LogP contribution in [0.3, 0.4) is 0 Å². The molecule has 0 saturated carbocycles. The third-order valence-corrected chi connectivity index (χ3v) is 5.28. The number of anilines is 1. The maximum Gasteiger partial charge on any atom is 0.342 e. The van der Waals surface area contributed by atoms with Crippen LogP contribution in [0.25, 0.3) is 22.5 Å². The van der Waals surface area contributed by atoms with Gasteiger partial charge >= 0.3 is 6.03 Å². The number of carbonyl (C=O) groups excluding carboxylic acids is 1. The van der Waals surface area contributed by atoms with Gasteiger partial charge in [0.15, 0.2) is 0 Å². The van der Waals surface area contributed by atoms with Gasteiger partial charge in [0, 0.05) is 16.1 Å². The van der Waals surface area contributed by atoms with Crippen LogP contribution in [0.2, 0.25) is 5.02 Å². The molecule has 0 unspecified atom stereocenters. The second-order valence-electron chi connectivity index (χ2n) is 7.60. The second-order valence-corrected chi connectivity index (χ2v) is 8.04. The van der Waals surface area contributed by atoms with E-state index < -0.39 is 6.03 Å². The van der Waals surface area contributed by atoms with Crippen molar-refractivity contribution in [2.75, 3.05) is 5.32 Å². The van der Waals surface area contributed by atoms with Gasteiger partial charge in [-0.1, -0.05) is 53.6 Å². The van der Waals surface area contributed by atoms with Crippen LogP contribution in [0.15, 0.2) is 84.0 Å². The number of carbonyl (C=O) groups is 1. The molecule has 0 aliphatic carbocycles. The lowest BCUT2D eigenvalue weighted by Crippen LogP contribution is -2.26. The predicted octanol–water partition coefficient (Wildman–Crippen LogP) is 6.46. The molecular weight excluding hydrogens is 453 g/mol. The Morgan fingerprint density at radius 1 is 0.882 bits per heavy atom. The molecule has 3 aromatic carbocycles. The maximum absolute atomic E-state index is 13.4. The Balaban J connectivity index is 1.60. The normalized spacial score (nSPS) is 11.2. The molecule has 2 N–H and O–H groups in total. The molecule has 0 atom stereocenters. The minimum Gasteiger partial charge on any atom is -0.275 e. The first-order valence-electron chi connectivity index (χ1n) is 10.5. The summed E-state index contributed by atoms with van der Waals surface area (Å²) in [4.78, 5) is 21.4. The molecule has 0 fully saturated rings. The molecular formula is C26H21ClFN5O. The van der Waals surface area contributed by atoms with Gasteiger partial charge in [-0.05, 0) is 61.9 Å². The van der Waals surface area contributed by atoms with E-state index in [1.54, 1.807) is 37.3 Å². The largest absolute Gasteiger partial charge is 0.342 e. The predicted molar refractivity (Wildman–Crippen MR) is 133 cm³/mol. The van der Waals surface area contributed by atoms with Crippen molar-refractivity contribution in [2.24, 2.45) is 5.10 Å². The summed E-state index contributed by atoms with van der Waals surface area (Å²) < 4.78 is 13.4. The van der Waals surface area contributed by atoms with Crippen LogP contribution in [-0.4, -0.2) is 21.7 Å². The highest BCUT2D eigenvalue weighted by Crippen LogP contribution is 2.25. The van der Waals surface area contributed by atoms with Crippen molar-refractivity contribution < 1.29 is 9.18 Å². The number of urea groups is 1. The molecule has 6 nitrogen and oxygen atoms in total. The SMILES string of the molecule is C/C(=N/NC(=O)Nc1nc(-c2ccc(C)cc2)cc(-c2ccc(F)cc2)n1)c1ccc(Cl)cc1. The fraction of sp³-hybridized carbons (Fsp3) is 0.0769. The zero-order valence-corrected chi connectivity index (χ0v) is 19.3. The highest BCUT2D eigenvalue weighted by Gasteiger charge is 2.11. The van der Waals surface area contributed by atoms with E-state index in [0.29, 0.717) is 27.7 Å². The van der Waals surface area contributed by atoms with Crippen LogP contribution in [0.4, 0.5) is 15.1 Å². The Kier molecular flexibility index (Phi) is 6.94. The summed E-state index contributed by atoms with van der Waals surface area (Å²) in [6.07, 6.45) is 0. The zero-order chi connectivity index (χ0) is 24.1. The van der Waals surface area contributed by atoms with Crippen molar-refractivity contribution in [3.63, 3.8) is 0 Å². The topological polar surface area (TPSA) is 79.3 Å². The Labute approximate surface area is 201 Å². The van der Waals surface area contributed by atoms with Crippen molar-refractivity contribution in [3.8, 4) is 22.5 Å². The van der Waals surface area contributed by atoms with Crippen molar-refractivity contribution >= 4 is 29.3 Å². The van der Waals surface area contributed by atoms with Crippen LogP contribution >= 0.6 is 11.6 Å². The third-order valence-electron chi connectivity index (χ3n) is 5.03. The van der Waals surface area contributed by atoms with Gasteiger partial charge in [0.1, 0.15) is 5.82 Å². The molecule has 1 heterocycles. The Hall–Kier alpha value is -4.10. The van der Waals surface area contributed by atoms with E-state index in [0.717, 1.165) is 16.7 Å². The standard InChI is InChI=1S/C26H21ClFN5O/c1-16-3-5-19(6-4-16)23-15-24(20-9-13-22(28)14-10-20)30-25(29-23)31-26(34)33-32-17(2)18-7-11-21(27)12-8-18/h3-15H,1-2H3,(H2,29,30,31,33,34)/b32-17-. The molecule has 0 aliphatic heterocycles. The summed E-state index contributed by atoms with van der Waals surface area (Å²) in [7, 11) is 0. The zero-order valence-electron chi connectivity index (χ0n) is 18.5. The van der Waals surface area contributed by atoms with E-state index in [-0.39, 0.29) is 11.8 Å². The first-order chi connectivity index (χ1) is 16.4. The first-order valence-corrected chi connectivity index (χ1v) is 10.8. The summed E-state index contributed by atoms with van der Waals surface area (Å²) in [5.41, 5.74) is 7.70. The van der Waals surface area contributed by atoms with E-state index in [1.807, 2.05) is 43.3 Å². The van der Waals surface area contributed by atoms with Crippen molar-refractivity contribution in [1.29, 1.82) is 0 Å². The monoisotopic (exact) mass is 473 g/mol. The molecule has 0 bridgehead atoms. The van der Waals surface area contributed by atoms with Crippen LogP contribution in [-0.2, 0) is 0 Å². The van der Waals surface area contributed by atoms with E-state index in [9.17, 15) is 9.18 Å². The molecule has 2 amide bonds. The molecule has 170 valence electrons. The number of rotatable bonds is 5. The minimum atomic E-state index is -0.598. The highest BCUT2D eigenvalue weighted by atomic mass is 35.5. The average Bonchev–Trinajstić information content (AvgIpc) is 2.83. The number of benzene rings is 3. The first kappa shape index (κ1) is 23.1. The van der Waals surface area contributed by atoms with Crippen molar-refractivity contribution in [3.05, 3.63) is 101 Å². The van der Waals surface area contributed by atoms with Crippen LogP contribution in [0.1, 0.15) is 18.1 Å². The molecule has 0 radical (unpaired) electrons. The van der Waals surface area contributed by atoms with E-state index in [4.69, 9.17) is 11.6 Å². The smallest absolute Gasteiger partial charge is 0.275 e. The summed E-state index contributed by atoms with van der Waals surface area (Å²) in [5.74, 6) is -0.252. The lowest BCUT2D eigenvalue weighted by molar-refractivity contribution is 0.252. The number of aryl methyl sites for hydroxylation is 1. The quantitative estimate of drug-likeness (QED) is 0.258. The number of hydrogen-bond donors (Lipinski definition) is 2. The summed E-state index contributed by atoms with van der Waals surface area (Å²) in [6.45, 7) is 3.77. The molecule has 4 aromatic rings. The fourth-order valence-electron chi connectivity index (χ4n) is 3.16. The van der Waals surface area contributed by atoms with E-state index >= 15 is 0 Å². The van der Waals surface area contributed by atoms with Gasteiger partial charge in [-0.3, -0.25) is 5.32 Å². The molecule has 4 rings (SSSR count). The van der Waals surface area contributed by atoms with Gasteiger partial charge in [0.2, 0.25) is 5.95 Å². The molecule has 0 saturated heterocycles. The Morgan fingerprint density at radius 2 is 1.44 bits per heavy atom. The van der Waals surface area contributed by atoms with Crippen molar-refractivity contribution in [2.45, 2.75) is 13.8 Å². The van der Waals surface area contributed by atoms with Gasteiger partial charge in [-0.15, -0.1) is 0 Å². The highest BCUT2D eigenvalue weighted by molar-refractivity contribution is 6.30. The number of nitrogens with zero attached hydrogens (tertiary/aromatic N) is 3. The molecule has 1 aromatic heterocycles. The summed E-state index contributed by atoms with van der Waals surface area (Å²) in [6, 6.07) is 22.1. The van der Waals surface area contributed by atoms with E-state index in [2.05, 4.69) is 25.8 Å². The second kappa shape index (κ2) is 10.2. The number of nitrogens with one attached hydrogen (secondary N) is 2. The number of amides is 2. The molecule has 34 heavy (non-hydrogen) atoms. The summed E-state index contributed by atoms with van der Waals surface area (Å²) >= 11 is 5.91. The fourth-order valence-corrected chi connectivity index (χ4v) is 3.29. The van der Waals surface area contributed by atoms with Gasteiger partial charge in [-0.25, -0.2) is 24.6 Å². The molecule has 8 heteroatoms. The van der Waals surface area contributed by atoms with Gasteiger partial charge < -0.3 is 0 Å². The number of hydrazone groups is 1. The van der Waals surface area contributed by atoms with Crippen molar-refractivity contribution in [1.82, 2.24) is 15.4 Å². The average molecular weight is 474 g/mol. The molecule has 0 aliphatic rings. The third kappa shape index (κ3) is 5.82. The summed E-state index contributed by atoms with van der Waals surface area (Å²) in [5, 5.41) is 7.36. The number of hydrogen-bond acceptors (Lipinski definition) is 4. The Bertz CT molecular complexity index is 1270. The molecule has 0 spiro atoms. The van der Waals surface area contributed by atoms with E-state index in [1.165, 1.54) is 12.1 Å². The Morgan fingerprint density at radius 3 is 2.03 bits per heavy atom. The number of aromatic nitrogens is 2. The number of halogens is 2. The maximum atomic E-state index is 13.4. The van der Waals surface area contributed by atoms with Gasteiger partial charge in [-0.2, -0.15) is 5.10 Å². The minimum absolute atomic E-state index is 0.0919. The van der Waals surface area contributed by atoms with Gasteiger partial charge in [0.05, 0.1) is 17.1 Å². The lowest BCUT2D eigenvalue weighted by atomic mass is 10.1.